The fourth-order valence-corrected chi connectivity index (χ4v) is 1.42. The molecule has 5 nitrogen and oxygen atoms in total. The largest absolute Gasteiger partial charge is 0.294 e. The molecule has 1 aromatic rings. The van der Waals surface area contributed by atoms with E-state index in [1.54, 1.807) is 6.92 Å². The summed E-state index contributed by atoms with van der Waals surface area (Å²) in [6.45, 7) is 1.66. The lowest BCUT2D eigenvalue weighted by atomic mass is 10.2. The molecule has 0 atom stereocenters. The van der Waals surface area contributed by atoms with Gasteiger partial charge in [0.15, 0.2) is 0 Å². The van der Waals surface area contributed by atoms with Crippen molar-refractivity contribution in [2.45, 2.75) is 11.8 Å². The van der Waals surface area contributed by atoms with E-state index in [0.29, 0.717) is 5.56 Å². The Balaban J connectivity index is 3.41. The van der Waals surface area contributed by atoms with Crippen molar-refractivity contribution in [1.29, 1.82) is 0 Å². The van der Waals surface area contributed by atoms with Crippen molar-refractivity contribution in [3.8, 4) is 0 Å². The maximum Gasteiger partial charge on any atom is 0.294 e. The third kappa shape index (κ3) is 2.26. The minimum Gasteiger partial charge on any atom is -0.282 e. The first-order chi connectivity index (χ1) is 6.45. The van der Waals surface area contributed by atoms with Crippen molar-refractivity contribution < 1.29 is 17.8 Å². The summed E-state index contributed by atoms with van der Waals surface area (Å²) in [5, 5.41) is 0. The molecule has 0 saturated heterocycles. The minimum absolute atomic E-state index is 0.176. The molecule has 0 unspecified atom stereocenters. The lowest BCUT2D eigenvalue weighted by molar-refractivity contribution is 0.483. The Hall–Kier alpha value is -1.49. The first-order valence-electron chi connectivity index (χ1n) is 3.61. The highest BCUT2D eigenvalue weighted by atomic mass is 32.2. The summed E-state index contributed by atoms with van der Waals surface area (Å²) in [6.07, 6.45) is 1.30. The predicted octanol–water partition coefficient (Wildman–Crippen LogP) is 1.21. The van der Waals surface area contributed by atoms with Crippen LogP contribution in [0.2, 0.25) is 0 Å². The maximum absolute atomic E-state index is 10.7. The molecule has 0 fully saturated rings. The molecule has 0 spiro atoms. The van der Waals surface area contributed by atoms with E-state index in [1.807, 2.05) is 0 Å². The summed E-state index contributed by atoms with van der Waals surface area (Å²) in [5.41, 5.74) is 0.802. The Morgan fingerprint density at radius 1 is 1.43 bits per heavy atom. The zero-order chi connectivity index (χ0) is 10.8. The van der Waals surface area contributed by atoms with E-state index in [-0.39, 0.29) is 10.6 Å². The Bertz CT molecular complexity index is 500. The van der Waals surface area contributed by atoms with Crippen LogP contribution in [0, 0.1) is 6.92 Å². The highest BCUT2D eigenvalue weighted by Gasteiger charge is 2.10. The van der Waals surface area contributed by atoms with Gasteiger partial charge in [-0.25, -0.2) is 4.79 Å². The topological polar surface area (TPSA) is 83.8 Å². The van der Waals surface area contributed by atoms with Crippen LogP contribution >= 0.6 is 0 Å². The van der Waals surface area contributed by atoms with Crippen LogP contribution in [0.1, 0.15) is 5.56 Å². The van der Waals surface area contributed by atoms with Gasteiger partial charge in [-0.3, -0.25) is 4.55 Å². The highest BCUT2D eigenvalue weighted by Crippen LogP contribution is 2.21. The first-order valence-corrected chi connectivity index (χ1v) is 5.05. The van der Waals surface area contributed by atoms with Crippen LogP contribution in [0.3, 0.4) is 0 Å². The van der Waals surface area contributed by atoms with Crippen LogP contribution < -0.4 is 0 Å². The average molecular weight is 213 g/mol. The molecule has 0 amide bonds. The van der Waals surface area contributed by atoms with Gasteiger partial charge in [0.1, 0.15) is 0 Å². The van der Waals surface area contributed by atoms with Gasteiger partial charge in [0.05, 0.1) is 10.6 Å². The normalized spacial score (nSPS) is 10.7. The van der Waals surface area contributed by atoms with Gasteiger partial charge in [0.2, 0.25) is 6.08 Å². The Morgan fingerprint density at radius 3 is 2.57 bits per heavy atom. The molecule has 0 aromatic heterocycles. The van der Waals surface area contributed by atoms with Gasteiger partial charge in [0.25, 0.3) is 10.1 Å². The third-order valence-corrected chi connectivity index (χ3v) is 2.49. The molecule has 1 aromatic carbocycles. The SMILES string of the molecule is Cc1ccc(S(=O)(=O)O)cc1N=C=O. The monoisotopic (exact) mass is 213 g/mol. The molecule has 0 aliphatic heterocycles. The number of nitrogens with zero attached hydrogens (tertiary/aromatic N) is 1. The number of hydrogen-bond acceptors (Lipinski definition) is 4. The van der Waals surface area contributed by atoms with E-state index in [0.717, 1.165) is 6.07 Å². The summed E-state index contributed by atoms with van der Waals surface area (Å²) < 4.78 is 30.1. The van der Waals surface area contributed by atoms with Crippen molar-refractivity contribution in [3.05, 3.63) is 23.8 Å². The third-order valence-electron chi connectivity index (χ3n) is 1.64. The zero-order valence-electron chi connectivity index (χ0n) is 7.26. The molecular weight excluding hydrogens is 206 g/mol. The summed E-state index contributed by atoms with van der Waals surface area (Å²) in [4.78, 5) is 13.0. The van der Waals surface area contributed by atoms with E-state index < -0.39 is 10.1 Å². The van der Waals surface area contributed by atoms with Gasteiger partial charge in [-0.05, 0) is 24.6 Å². The van der Waals surface area contributed by atoms with Crippen molar-refractivity contribution in [3.63, 3.8) is 0 Å². The fraction of sp³-hybridized carbons (Fsp3) is 0.125. The Kier molecular flexibility index (Phi) is 2.81. The number of isocyanates is 1. The second kappa shape index (κ2) is 3.71. The molecule has 0 heterocycles. The van der Waals surface area contributed by atoms with E-state index >= 15 is 0 Å². The number of benzene rings is 1. The molecule has 1 rings (SSSR count). The summed E-state index contributed by atoms with van der Waals surface area (Å²) >= 11 is 0. The van der Waals surface area contributed by atoms with Crippen molar-refractivity contribution in [2.24, 2.45) is 4.99 Å². The lowest BCUT2D eigenvalue weighted by Crippen LogP contribution is -1.97. The van der Waals surface area contributed by atoms with E-state index in [1.165, 1.54) is 18.2 Å². The number of carbonyl (C=O) groups excluding carboxylic acids is 1. The van der Waals surface area contributed by atoms with E-state index in [9.17, 15) is 13.2 Å². The molecule has 74 valence electrons. The molecule has 0 aliphatic rings. The standard InChI is InChI=1S/C8H7NO4S/c1-6-2-3-7(14(11,12)13)4-8(6)9-5-10/h2-4H,1H3,(H,11,12,13). The Morgan fingerprint density at radius 2 is 2.07 bits per heavy atom. The molecular formula is C8H7NO4S. The van der Waals surface area contributed by atoms with Gasteiger partial charge < -0.3 is 0 Å². The van der Waals surface area contributed by atoms with Gasteiger partial charge in [-0.2, -0.15) is 13.4 Å². The number of aliphatic imine (C=N–C) groups is 1. The maximum atomic E-state index is 10.7. The van der Waals surface area contributed by atoms with Crippen LogP contribution in [0.15, 0.2) is 28.1 Å². The second-order valence-electron chi connectivity index (χ2n) is 2.63. The van der Waals surface area contributed by atoms with Crippen LogP contribution in [0.25, 0.3) is 0 Å². The van der Waals surface area contributed by atoms with E-state index in [2.05, 4.69) is 4.99 Å². The van der Waals surface area contributed by atoms with Crippen LogP contribution in [0.4, 0.5) is 5.69 Å². The zero-order valence-corrected chi connectivity index (χ0v) is 8.08. The molecule has 0 saturated carbocycles. The molecule has 6 heteroatoms. The number of rotatable bonds is 2. The first kappa shape index (κ1) is 10.6. The van der Waals surface area contributed by atoms with Crippen molar-refractivity contribution in [1.82, 2.24) is 0 Å². The average Bonchev–Trinajstić information content (AvgIpc) is 2.07. The van der Waals surface area contributed by atoms with Gasteiger partial charge in [-0.15, -0.1) is 0 Å². The quantitative estimate of drug-likeness (QED) is 0.454. The second-order valence-corrected chi connectivity index (χ2v) is 4.05. The van der Waals surface area contributed by atoms with Crippen molar-refractivity contribution >= 4 is 21.9 Å². The molecule has 0 radical (unpaired) electrons. The molecule has 0 bridgehead atoms. The van der Waals surface area contributed by atoms with Crippen LogP contribution in [0.5, 0.6) is 0 Å². The molecule has 14 heavy (non-hydrogen) atoms. The molecule has 0 aliphatic carbocycles. The van der Waals surface area contributed by atoms with Gasteiger partial charge in [0, 0.05) is 0 Å². The summed E-state index contributed by atoms with van der Waals surface area (Å²) in [6, 6.07) is 3.78. The van der Waals surface area contributed by atoms with E-state index in [4.69, 9.17) is 4.55 Å². The lowest BCUT2D eigenvalue weighted by Gasteiger charge is -2.00. The smallest absolute Gasteiger partial charge is 0.282 e. The van der Waals surface area contributed by atoms with Crippen LogP contribution in [-0.2, 0) is 14.9 Å². The number of hydrogen-bond donors (Lipinski definition) is 1. The van der Waals surface area contributed by atoms with Crippen molar-refractivity contribution in [2.75, 3.05) is 0 Å². The van der Waals surface area contributed by atoms with Gasteiger partial charge >= 0.3 is 0 Å². The number of aryl methyl sites for hydroxylation is 1. The van der Waals surface area contributed by atoms with Gasteiger partial charge in [-0.1, -0.05) is 6.07 Å². The van der Waals surface area contributed by atoms with Crippen LogP contribution in [-0.4, -0.2) is 19.1 Å². The summed E-state index contributed by atoms with van der Waals surface area (Å²) in [7, 11) is -4.25. The minimum atomic E-state index is -4.25. The fourth-order valence-electron chi connectivity index (χ4n) is 0.919. The molecule has 1 N–H and O–H groups in total. The Labute approximate surface area is 80.8 Å². The summed E-state index contributed by atoms with van der Waals surface area (Å²) in [5.74, 6) is 0. The predicted molar refractivity (Wildman–Crippen MR) is 48.8 cm³/mol. The highest BCUT2D eigenvalue weighted by molar-refractivity contribution is 7.85.